The molecule has 0 radical (unpaired) electrons. The van der Waals surface area contributed by atoms with Gasteiger partial charge in [-0.1, -0.05) is 12.1 Å². The van der Waals surface area contributed by atoms with Gasteiger partial charge in [0, 0.05) is 18.1 Å². The van der Waals surface area contributed by atoms with Crippen molar-refractivity contribution in [3.8, 4) is 11.4 Å². The van der Waals surface area contributed by atoms with E-state index in [-0.39, 0.29) is 0 Å². The Morgan fingerprint density at radius 3 is 1.68 bits per heavy atom. The van der Waals surface area contributed by atoms with E-state index < -0.39 is 0 Å². The quantitative estimate of drug-likeness (QED) is 0.723. The lowest BCUT2D eigenvalue weighted by Gasteiger charge is -1.96. The molecule has 0 aromatic carbocycles. The van der Waals surface area contributed by atoms with E-state index in [9.17, 15) is 0 Å². The molecule has 0 aliphatic carbocycles. The van der Waals surface area contributed by atoms with Gasteiger partial charge in [-0.3, -0.25) is 15.1 Å². The molecule has 0 fully saturated rings. The van der Waals surface area contributed by atoms with Gasteiger partial charge < -0.3 is 0 Å². The number of nitrogens with one attached hydrogen (secondary N) is 1. The molecule has 0 bridgehead atoms. The number of aromatic nitrogens is 4. The van der Waals surface area contributed by atoms with E-state index in [1.165, 1.54) is 0 Å². The van der Waals surface area contributed by atoms with Crippen LogP contribution in [0.4, 0.5) is 0 Å². The molecule has 3 aromatic rings. The highest BCUT2D eigenvalue weighted by atomic mass is 15.1. The zero-order valence-electron chi connectivity index (χ0n) is 11.0. The molecule has 1 N–H and O–H groups in total. The first-order valence-electron chi connectivity index (χ1n) is 6.07. The van der Waals surface area contributed by atoms with Gasteiger partial charge in [0.05, 0.1) is 17.1 Å². The Kier molecular flexibility index (Phi) is 4.39. The highest BCUT2D eigenvalue weighted by Gasteiger charge is 1.95. The first-order chi connectivity index (χ1) is 9.25. The molecule has 3 aromatic heterocycles. The normalized spacial score (nSPS) is 9.58. The number of pyridine rings is 2. The lowest BCUT2D eigenvalue weighted by Crippen LogP contribution is -1.83. The Morgan fingerprint density at radius 1 is 0.842 bits per heavy atom. The third-order valence-electron chi connectivity index (χ3n) is 2.43. The number of hydrogen-bond donors (Lipinski definition) is 1. The number of nitrogens with zero attached hydrogens (tertiary/aromatic N) is 3. The highest BCUT2D eigenvalue weighted by molar-refractivity contribution is 5.52. The number of hydrogen-bond acceptors (Lipinski definition) is 3. The summed E-state index contributed by atoms with van der Waals surface area (Å²) < 4.78 is 0. The molecular weight excluding hydrogens is 236 g/mol. The van der Waals surface area contributed by atoms with Crippen LogP contribution in [-0.4, -0.2) is 20.2 Å². The van der Waals surface area contributed by atoms with Crippen LogP contribution in [-0.2, 0) is 0 Å². The topological polar surface area (TPSA) is 54.5 Å². The van der Waals surface area contributed by atoms with Crippen LogP contribution in [0, 0.1) is 13.8 Å². The first kappa shape index (κ1) is 13.0. The van der Waals surface area contributed by atoms with E-state index in [0.717, 1.165) is 22.8 Å². The fourth-order valence-corrected chi connectivity index (χ4v) is 1.58. The molecule has 3 rings (SSSR count). The second-order valence-corrected chi connectivity index (χ2v) is 4.12. The van der Waals surface area contributed by atoms with Crippen LogP contribution in [0.25, 0.3) is 11.4 Å². The summed E-state index contributed by atoms with van der Waals surface area (Å²) in [6, 6.07) is 13.6. The van der Waals surface area contributed by atoms with Crippen molar-refractivity contribution in [1.82, 2.24) is 20.2 Å². The summed E-state index contributed by atoms with van der Waals surface area (Å²) >= 11 is 0. The summed E-state index contributed by atoms with van der Waals surface area (Å²) in [6.07, 6.45) is 3.54. The number of aromatic amines is 1. The zero-order chi connectivity index (χ0) is 13.5. The monoisotopic (exact) mass is 252 g/mol. The van der Waals surface area contributed by atoms with Crippen LogP contribution in [0.3, 0.4) is 0 Å². The fraction of sp³-hybridized carbons (Fsp3) is 0.133. The maximum absolute atomic E-state index is 4.19. The molecule has 0 spiro atoms. The molecule has 4 nitrogen and oxygen atoms in total. The van der Waals surface area contributed by atoms with Gasteiger partial charge in [-0.25, -0.2) is 0 Å². The van der Waals surface area contributed by atoms with Crippen LogP contribution in [0.1, 0.15) is 11.4 Å². The summed E-state index contributed by atoms with van der Waals surface area (Å²) in [6.45, 7) is 3.95. The average molecular weight is 252 g/mol. The molecular formula is C15H16N4. The predicted octanol–water partition coefficient (Wildman–Crippen LogP) is 3.17. The van der Waals surface area contributed by atoms with Crippen LogP contribution in [0.15, 0.2) is 54.9 Å². The molecule has 96 valence electrons. The Balaban J connectivity index is 0.000000163. The lowest BCUT2D eigenvalue weighted by atomic mass is 10.2. The van der Waals surface area contributed by atoms with Crippen molar-refractivity contribution in [3.63, 3.8) is 0 Å². The Morgan fingerprint density at radius 2 is 1.42 bits per heavy atom. The van der Waals surface area contributed by atoms with Crippen molar-refractivity contribution in [2.75, 3.05) is 0 Å². The van der Waals surface area contributed by atoms with Gasteiger partial charge in [0.1, 0.15) is 0 Å². The third kappa shape index (κ3) is 4.03. The van der Waals surface area contributed by atoms with Crippen LogP contribution in [0.5, 0.6) is 0 Å². The van der Waals surface area contributed by atoms with Gasteiger partial charge in [0.25, 0.3) is 0 Å². The second kappa shape index (κ2) is 6.44. The maximum atomic E-state index is 4.19. The van der Waals surface area contributed by atoms with Crippen molar-refractivity contribution in [2.45, 2.75) is 13.8 Å². The van der Waals surface area contributed by atoms with Gasteiger partial charge in [-0.05, 0) is 44.2 Å². The Labute approximate surface area is 112 Å². The van der Waals surface area contributed by atoms with Gasteiger partial charge in [0.2, 0.25) is 0 Å². The molecule has 0 unspecified atom stereocenters. The minimum absolute atomic E-state index is 0.915. The number of aryl methyl sites for hydroxylation is 2. The smallest absolute Gasteiger partial charge is 0.0886 e. The number of H-pyrrole nitrogens is 1. The molecule has 0 aliphatic rings. The van der Waals surface area contributed by atoms with Crippen molar-refractivity contribution >= 4 is 0 Å². The Bertz CT molecular complexity index is 548. The van der Waals surface area contributed by atoms with Crippen molar-refractivity contribution in [1.29, 1.82) is 0 Å². The predicted molar refractivity (Wildman–Crippen MR) is 75.5 cm³/mol. The van der Waals surface area contributed by atoms with Crippen molar-refractivity contribution < 1.29 is 0 Å². The zero-order valence-corrected chi connectivity index (χ0v) is 11.0. The van der Waals surface area contributed by atoms with Crippen LogP contribution in [0.2, 0.25) is 0 Å². The molecule has 0 saturated carbocycles. The minimum Gasteiger partial charge on any atom is -0.283 e. The summed E-state index contributed by atoms with van der Waals surface area (Å²) in [5, 5.41) is 6.71. The van der Waals surface area contributed by atoms with Gasteiger partial charge in [0.15, 0.2) is 0 Å². The fourth-order valence-electron chi connectivity index (χ4n) is 1.58. The molecule has 0 atom stereocenters. The lowest BCUT2D eigenvalue weighted by molar-refractivity contribution is 1.02. The van der Waals surface area contributed by atoms with E-state index >= 15 is 0 Å². The van der Waals surface area contributed by atoms with E-state index in [1.54, 1.807) is 12.4 Å². The van der Waals surface area contributed by atoms with Gasteiger partial charge in [-0.2, -0.15) is 5.10 Å². The summed E-state index contributed by atoms with van der Waals surface area (Å²) in [7, 11) is 0. The minimum atomic E-state index is 0.915. The van der Waals surface area contributed by atoms with Crippen molar-refractivity contribution in [2.24, 2.45) is 0 Å². The Hall–Kier alpha value is -2.49. The largest absolute Gasteiger partial charge is 0.283 e. The first-order valence-corrected chi connectivity index (χ1v) is 6.07. The van der Waals surface area contributed by atoms with E-state index in [0.29, 0.717) is 0 Å². The third-order valence-corrected chi connectivity index (χ3v) is 2.43. The molecule has 0 amide bonds. The maximum Gasteiger partial charge on any atom is 0.0886 e. The van der Waals surface area contributed by atoms with Crippen LogP contribution < -0.4 is 0 Å². The summed E-state index contributed by atoms with van der Waals surface area (Å²) in [4.78, 5) is 8.37. The summed E-state index contributed by atoms with van der Waals surface area (Å²) in [5.41, 5.74) is 4.01. The molecule has 19 heavy (non-hydrogen) atoms. The van der Waals surface area contributed by atoms with E-state index in [4.69, 9.17) is 0 Å². The second-order valence-electron chi connectivity index (χ2n) is 4.12. The van der Waals surface area contributed by atoms with Gasteiger partial charge >= 0.3 is 0 Å². The highest BCUT2D eigenvalue weighted by Crippen LogP contribution is 2.10. The summed E-state index contributed by atoms with van der Waals surface area (Å²) in [5.74, 6) is 0. The number of rotatable bonds is 1. The standard InChI is InChI=1S/C10H8N2.C5H8N2/c1-3-7-11-9(5-1)10-6-2-4-8-12-10;1-4-3-5(2)7-6-4/h1-8H;3H,1-2H3,(H,6,7). The van der Waals surface area contributed by atoms with Gasteiger partial charge in [-0.15, -0.1) is 0 Å². The molecule has 0 aliphatic heterocycles. The van der Waals surface area contributed by atoms with Crippen molar-refractivity contribution in [3.05, 3.63) is 66.2 Å². The van der Waals surface area contributed by atoms with Crippen LogP contribution >= 0.6 is 0 Å². The molecule has 4 heteroatoms. The molecule has 0 saturated heterocycles. The molecule has 3 heterocycles. The van der Waals surface area contributed by atoms with E-state index in [2.05, 4.69) is 20.2 Å². The SMILES string of the molecule is Cc1cc(C)[nH]n1.c1ccc(-c2ccccn2)nc1. The van der Waals surface area contributed by atoms with E-state index in [1.807, 2.05) is 56.3 Å². The average Bonchev–Trinajstić information content (AvgIpc) is 2.85.